The van der Waals surface area contributed by atoms with Gasteiger partial charge in [-0.1, -0.05) is 27.7 Å². The molecule has 0 saturated carbocycles. The largest absolute Gasteiger partial charge is 0.370 e. The van der Waals surface area contributed by atoms with Crippen molar-refractivity contribution in [3.05, 3.63) is 23.4 Å². The third-order valence-electron chi connectivity index (χ3n) is 3.91. The highest BCUT2D eigenvalue weighted by Gasteiger charge is 2.27. The molecule has 1 heterocycles. The van der Waals surface area contributed by atoms with Gasteiger partial charge in [-0.25, -0.2) is 4.98 Å². The van der Waals surface area contributed by atoms with Crippen LogP contribution in [0.2, 0.25) is 0 Å². The number of rotatable bonds is 5. The summed E-state index contributed by atoms with van der Waals surface area (Å²) in [5.74, 6) is 0.819. The van der Waals surface area contributed by atoms with Gasteiger partial charge in [0, 0.05) is 30.9 Å². The molecule has 0 spiro atoms. The third kappa shape index (κ3) is 4.73. The number of pyridine rings is 1. The molecule has 0 aliphatic carbocycles. The van der Waals surface area contributed by atoms with E-state index in [9.17, 15) is 4.79 Å². The van der Waals surface area contributed by atoms with Gasteiger partial charge in [-0.3, -0.25) is 4.79 Å². The van der Waals surface area contributed by atoms with Crippen LogP contribution < -0.4 is 5.32 Å². The minimum absolute atomic E-state index is 0.0440. The molecule has 0 aliphatic rings. The van der Waals surface area contributed by atoms with E-state index in [1.165, 1.54) is 0 Å². The van der Waals surface area contributed by atoms with Crippen LogP contribution in [0.25, 0.3) is 0 Å². The summed E-state index contributed by atoms with van der Waals surface area (Å²) in [7, 11) is 1.87. The monoisotopic (exact) mass is 291 g/mol. The summed E-state index contributed by atoms with van der Waals surface area (Å²) >= 11 is 0. The van der Waals surface area contributed by atoms with E-state index in [0.29, 0.717) is 5.56 Å². The number of aryl methyl sites for hydroxylation is 1. The highest BCUT2D eigenvalue weighted by molar-refractivity contribution is 5.95. The average Bonchev–Trinajstić information content (AvgIpc) is 2.41. The molecule has 1 rings (SSSR count). The zero-order valence-corrected chi connectivity index (χ0v) is 14.4. The second-order valence-electron chi connectivity index (χ2n) is 6.77. The molecule has 0 radical (unpaired) electrons. The molecular formula is C17H29N3O. The van der Waals surface area contributed by atoms with Crippen LogP contribution in [0, 0.1) is 12.3 Å². The Hall–Kier alpha value is -1.58. The maximum Gasteiger partial charge on any atom is 0.254 e. The molecule has 0 fully saturated rings. The van der Waals surface area contributed by atoms with E-state index >= 15 is 0 Å². The Bertz CT molecular complexity index is 491. The first kappa shape index (κ1) is 17.5. The Morgan fingerprint density at radius 1 is 1.38 bits per heavy atom. The Kier molecular flexibility index (Phi) is 5.76. The fourth-order valence-electron chi connectivity index (χ4n) is 2.10. The maximum atomic E-state index is 12.7. The molecule has 118 valence electrons. The van der Waals surface area contributed by atoms with Gasteiger partial charge in [0.25, 0.3) is 5.91 Å². The van der Waals surface area contributed by atoms with Crippen molar-refractivity contribution in [2.45, 2.75) is 54.0 Å². The molecule has 4 nitrogen and oxygen atoms in total. The van der Waals surface area contributed by atoms with Crippen molar-refractivity contribution in [1.29, 1.82) is 0 Å². The van der Waals surface area contributed by atoms with Gasteiger partial charge in [-0.2, -0.15) is 0 Å². The van der Waals surface area contributed by atoms with Crippen molar-refractivity contribution < 1.29 is 4.79 Å². The van der Waals surface area contributed by atoms with E-state index in [-0.39, 0.29) is 17.4 Å². The third-order valence-corrected chi connectivity index (χ3v) is 3.91. The van der Waals surface area contributed by atoms with Gasteiger partial charge in [0.15, 0.2) is 0 Å². The van der Waals surface area contributed by atoms with Gasteiger partial charge >= 0.3 is 0 Å². The van der Waals surface area contributed by atoms with Gasteiger partial charge in [0.1, 0.15) is 5.82 Å². The second kappa shape index (κ2) is 6.92. The normalized spacial score (nSPS) is 12.9. The summed E-state index contributed by atoms with van der Waals surface area (Å²) in [6.07, 6.45) is 1.03. The molecule has 1 atom stereocenters. The molecule has 0 aliphatic heterocycles. The molecule has 21 heavy (non-hydrogen) atoms. The predicted molar refractivity (Wildman–Crippen MR) is 88.8 cm³/mol. The lowest BCUT2D eigenvalue weighted by Crippen LogP contribution is -2.43. The number of carbonyl (C=O) groups excluding carboxylic acids is 1. The van der Waals surface area contributed by atoms with Crippen LogP contribution in [0.3, 0.4) is 0 Å². The molecule has 0 saturated heterocycles. The van der Waals surface area contributed by atoms with Crippen molar-refractivity contribution >= 4 is 11.7 Å². The van der Waals surface area contributed by atoms with E-state index in [1.54, 1.807) is 0 Å². The first-order chi connectivity index (χ1) is 9.66. The van der Waals surface area contributed by atoms with Crippen LogP contribution >= 0.6 is 0 Å². The number of carbonyl (C=O) groups is 1. The fourth-order valence-corrected chi connectivity index (χ4v) is 2.10. The highest BCUT2D eigenvalue weighted by Crippen LogP contribution is 2.24. The topological polar surface area (TPSA) is 45.2 Å². The Labute approximate surface area is 129 Å². The van der Waals surface area contributed by atoms with E-state index in [1.807, 2.05) is 31.0 Å². The van der Waals surface area contributed by atoms with Crippen molar-refractivity contribution in [2.24, 2.45) is 5.41 Å². The number of hydrogen-bond donors (Lipinski definition) is 1. The van der Waals surface area contributed by atoms with Crippen molar-refractivity contribution in [3.8, 4) is 0 Å². The van der Waals surface area contributed by atoms with E-state index < -0.39 is 0 Å². The van der Waals surface area contributed by atoms with Gasteiger partial charge in [-0.15, -0.1) is 0 Å². The van der Waals surface area contributed by atoms with Crippen LogP contribution in [0.15, 0.2) is 12.1 Å². The minimum atomic E-state index is 0.0440. The lowest BCUT2D eigenvalue weighted by Gasteiger charge is -2.35. The summed E-state index contributed by atoms with van der Waals surface area (Å²) in [6.45, 7) is 13.4. The number of aromatic nitrogens is 1. The Morgan fingerprint density at radius 3 is 2.52 bits per heavy atom. The van der Waals surface area contributed by atoms with Crippen molar-refractivity contribution in [3.63, 3.8) is 0 Å². The van der Waals surface area contributed by atoms with Crippen molar-refractivity contribution in [1.82, 2.24) is 9.88 Å². The van der Waals surface area contributed by atoms with Gasteiger partial charge < -0.3 is 10.2 Å². The quantitative estimate of drug-likeness (QED) is 0.899. The highest BCUT2D eigenvalue weighted by atomic mass is 16.2. The van der Waals surface area contributed by atoms with Crippen LogP contribution in [0.1, 0.15) is 57.1 Å². The van der Waals surface area contributed by atoms with Crippen molar-refractivity contribution in [2.75, 3.05) is 18.9 Å². The maximum absolute atomic E-state index is 12.7. The van der Waals surface area contributed by atoms with E-state index in [4.69, 9.17) is 0 Å². The summed E-state index contributed by atoms with van der Waals surface area (Å²) in [4.78, 5) is 18.9. The van der Waals surface area contributed by atoms with Gasteiger partial charge in [-0.05, 0) is 37.8 Å². The predicted octanol–water partition coefficient (Wildman–Crippen LogP) is 3.72. The number of nitrogens with zero attached hydrogens (tertiary/aromatic N) is 2. The molecule has 1 aromatic heterocycles. The summed E-state index contributed by atoms with van der Waals surface area (Å²) in [5, 5.41) is 3.25. The van der Waals surface area contributed by atoms with Crippen LogP contribution in [0.4, 0.5) is 5.82 Å². The number of anilines is 1. The molecule has 1 amide bonds. The molecule has 1 N–H and O–H groups in total. The molecule has 0 bridgehead atoms. The molecule has 4 heteroatoms. The summed E-state index contributed by atoms with van der Waals surface area (Å²) in [5.41, 5.74) is 1.60. The molecule has 0 aromatic carbocycles. The molecule has 1 unspecified atom stereocenters. The molecule has 1 aromatic rings. The standard InChI is InChI=1S/C17H29N3O/c1-8-9-18-15-11-14(10-12(2)19-15)16(21)20(7)13(3)17(4,5)6/h10-11,13H,8-9H2,1-7H3,(H,18,19). The SMILES string of the molecule is CCCNc1cc(C(=O)N(C)C(C)C(C)(C)C)cc(C)n1. The Balaban J connectivity index is 2.99. The van der Waals surface area contributed by atoms with E-state index in [2.05, 4.69) is 44.9 Å². The van der Waals surface area contributed by atoms with Crippen LogP contribution in [0.5, 0.6) is 0 Å². The number of nitrogens with one attached hydrogen (secondary N) is 1. The summed E-state index contributed by atoms with van der Waals surface area (Å²) < 4.78 is 0. The Morgan fingerprint density at radius 2 is 2.00 bits per heavy atom. The number of amides is 1. The van der Waals surface area contributed by atoms with E-state index in [0.717, 1.165) is 24.5 Å². The fraction of sp³-hybridized carbons (Fsp3) is 0.647. The zero-order valence-electron chi connectivity index (χ0n) is 14.4. The summed E-state index contributed by atoms with van der Waals surface area (Å²) in [6, 6.07) is 3.85. The lowest BCUT2D eigenvalue weighted by molar-refractivity contribution is 0.0629. The smallest absolute Gasteiger partial charge is 0.254 e. The molecular weight excluding hydrogens is 262 g/mol. The lowest BCUT2D eigenvalue weighted by atomic mass is 9.87. The number of hydrogen-bond acceptors (Lipinski definition) is 3. The first-order valence-corrected chi connectivity index (χ1v) is 7.66. The van der Waals surface area contributed by atoms with Crippen LogP contribution in [-0.4, -0.2) is 35.4 Å². The minimum Gasteiger partial charge on any atom is -0.370 e. The first-order valence-electron chi connectivity index (χ1n) is 7.66. The van der Waals surface area contributed by atoms with Gasteiger partial charge in [0.05, 0.1) is 0 Å². The zero-order chi connectivity index (χ0) is 16.2. The average molecular weight is 291 g/mol. The van der Waals surface area contributed by atoms with Crippen LogP contribution in [-0.2, 0) is 0 Å². The second-order valence-corrected chi connectivity index (χ2v) is 6.77. The van der Waals surface area contributed by atoms with Gasteiger partial charge in [0.2, 0.25) is 0 Å².